The lowest BCUT2D eigenvalue weighted by atomic mass is 10.3. The number of rotatable bonds is 5. The van der Waals surface area contributed by atoms with Crippen molar-refractivity contribution >= 4 is 16.9 Å². The molecule has 7 heteroatoms. The summed E-state index contributed by atoms with van der Waals surface area (Å²) in [7, 11) is 1.48. The van der Waals surface area contributed by atoms with Crippen molar-refractivity contribution in [2.75, 3.05) is 5.75 Å². The van der Waals surface area contributed by atoms with E-state index < -0.39 is 0 Å². The third-order valence-corrected chi connectivity index (χ3v) is 3.44. The predicted octanol–water partition coefficient (Wildman–Crippen LogP) is 0.262. The van der Waals surface area contributed by atoms with Gasteiger partial charge in [0.15, 0.2) is 5.17 Å². The maximum absolute atomic E-state index is 11.8. The maximum atomic E-state index is 11.8. The van der Waals surface area contributed by atoms with Crippen LogP contribution in [0.15, 0.2) is 15.7 Å². The SMILES string of the molecule is Cc1cc(=O)n(C)c(=O)n1CCCCSC(=N)N. The Labute approximate surface area is 109 Å². The molecule has 3 N–H and O–H groups in total. The van der Waals surface area contributed by atoms with Crippen molar-refractivity contribution in [3.63, 3.8) is 0 Å². The first-order valence-electron chi connectivity index (χ1n) is 5.67. The molecule has 0 bridgehead atoms. The van der Waals surface area contributed by atoms with Crippen molar-refractivity contribution in [3.05, 3.63) is 32.6 Å². The van der Waals surface area contributed by atoms with Crippen LogP contribution in [-0.4, -0.2) is 20.1 Å². The highest BCUT2D eigenvalue weighted by Crippen LogP contribution is 2.04. The van der Waals surface area contributed by atoms with Crippen LogP contribution in [0.2, 0.25) is 0 Å². The zero-order valence-corrected chi connectivity index (χ0v) is 11.4. The molecule has 1 heterocycles. The minimum absolute atomic E-state index is 0.116. The fraction of sp³-hybridized carbons (Fsp3) is 0.545. The predicted molar refractivity (Wildman–Crippen MR) is 74.3 cm³/mol. The van der Waals surface area contributed by atoms with Crippen molar-refractivity contribution in [2.45, 2.75) is 26.3 Å². The van der Waals surface area contributed by atoms with Crippen LogP contribution in [0, 0.1) is 12.3 Å². The number of aromatic nitrogens is 2. The fourth-order valence-electron chi connectivity index (χ4n) is 1.61. The van der Waals surface area contributed by atoms with E-state index in [1.54, 1.807) is 11.5 Å². The molecular weight excluding hydrogens is 252 g/mol. The van der Waals surface area contributed by atoms with Gasteiger partial charge in [0, 0.05) is 31.1 Å². The highest BCUT2D eigenvalue weighted by Gasteiger charge is 2.05. The average Bonchev–Trinajstić information content (AvgIpc) is 2.29. The monoisotopic (exact) mass is 270 g/mol. The summed E-state index contributed by atoms with van der Waals surface area (Å²) in [6.45, 7) is 2.34. The quantitative estimate of drug-likeness (QED) is 0.456. The molecule has 0 aliphatic rings. The van der Waals surface area contributed by atoms with Crippen LogP contribution in [-0.2, 0) is 13.6 Å². The first kappa shape index (κ1) is 14.6. The molecule has 0 aromatic carbocycles. The lowest BCUT2D eigenvalue weighted by Crippen LogP contribution is -2.38. The Morgan fingerprint density at radius 3 is 2.72 bits per heavy atom. The number of hydrogen-bond donors (Lipinski definition) is 2. The van der Waals surface area contributed by atoms with E-state index in [2.05, 4.69) is 0 Å². The molecule has 0 aliphatic heterocycles. The van der Waals surface area contributed by atoms with Gasteiger partial charge >= 0.3 is 5.69 Å². The first-order valence-corrected chi connectivity index (χ1v) is 6.66. The number of thioether (sulfide) groups is 1. The van der Waals surface area contributed by atoms with Crippen LogP contribution in [0.5, 0.6) is 0 Å². The minimum atomic E-state index is -0.278. The topological polar surface area (TPSA) is 93.9 Å². The van der Waals surface area contributed by atoms with Crippen LogP contribution in [0.4, 0.5) is 0 Å². The van der Waals surface area contributed by atoms with Crippen molar-refractivity contribution in [3.8, 4) is 0 Å². The highest BCUT2D eigenvalue weighted by molar-refractivity contribution is 8.13. The van der Waals surface area contributed by atoms with Crippen molar-refractivity contribution in [2.24, 2.45) is 12.8 Å². The molecule has 0 atom stereocenters. The van der Waals surface area contributed by atoms with Gasteiger partial charge in [0.2, 0.25) is 0 Å². The van der Waals surface area contributed by atoms with Crippen molar-refractivity contribution < 1.29 is 0 Å². The second-order valence-corrected chi connectivity index (χ2v) is 5.17. The Bertz CT molecular complexity index is 547. The molecule has 0 spiro atoms. The van der Waals surface area contributed by atoms with Crippen LogP contribution in [0.3, 0.4) is 0 Å². The van der Waals surface area contributed by atoms with Crippen LogP contribution >= 0.6 is 11.8 Å². The summed E-state index contributed by atoms with van der Waals surface area (Å²) in [4.78, 5) is 23.2. The summed E-state index contributed by atoms with van der Waals surface area (Å²) >= 11 is 1.30. The number of unbranched alkanes of at least 4 members (excludes halogenated alkanes) is 1. The van der Waals surface area contributed by atoms with E-state index in [4.69, 9.17) is 11.1 Å². The Morgan fingerprint density at radius 1 is 1.44 bits per heavy atom. The van der Waals surface area contributed by atoms with Gasteiger partial charge in [-0.05, 0) is 19.8 Å². The van der Waals surface area contributed by atoms with E-state index in [0.29, 0.717) is 12.2 Å². The van der Waals surface area contributed by atoms with Gasteiger partial charge in [0.1, 0.15) is 0 Å². The van der Waals surface area contributed by atoms with Crippen LogP contribution < -0.4 is 17.0 Å². The number of nitrogens with two attached hydrogens (primary N) is 1. The van der Waals surface area contributed by atoms with E-state index in [9.17, 15) is 9.59 Å². The summed E-state index contributed by atoms with van der Waals surface area (Å²) in [5.41, 5.74) is 5.35. The number of nitrogens with zero attached hydrogens (tertiary/aromatic N) is 2. The van der Waals surface area contributed by atoms with Crippen LogP contribution in [0.1, 0.15) is 18.5 Å². The third-order valence-electron chi connectivity index (χ3n) is 2.64. The van der Waals surface area contributed by atoms with Crippen molar-refractivity contribution in [1.29, 1.82) is 5.41 Å². The molecule has 18 heavy (non-hydrogen) atoms. The molecule has 1 aromatic rings. The van der Waals surface area contributed by atoms with Crippen LogP contribution in [0.25, 0.3) is 0 Å². The Hall–Kier alpha value is -1.50. The molecule has 0 unspecified atom stereocenters. The van der Waals surface area contributed by atoms with E-state index in [0.717, 1.165) is 23.2 Å². The molecular formula is C11H18N4O2S. The fourth-order valence-corrected chi connectivity index (χ4v) is 2.17. The molecule has 0 amide bonds. The van der Waals surface area contributed by atoms with Gasteiger partial charge < -0.3 is 5.73 Å². The molecule has 6 nitrogen and oxygen atoms in total. The largest absolute Gasteiger partial charge is 0.379 e. The molecule has 0 saturated heterocycles. The molecule has 0 fully saturated rings. The second-order valence-electron chi connectivity index (χ2n) is 4.04. The molecule has 1 aromatic heterocycles. The molecule has 0 radical (unpaired) electrons. The summed E-state index contributed by atoms with van der Waals surface area (Å²) in [5, 5.41) is 7.18. The molecule has 1 rings (SSSR count). The van der Waals surface area contributed by atoms with E-state index in [1.165, 1.54) is 24.9 Å². The normalized spacial score (nSPS) is 10.6. The summed E-state index contributed by atoms with van der Waals surface area (Å²) in [6.07, 6.45) is 1.69. The Morgan fingerprint density at radius 2 is 2.11 bits per heavy atom. The molecule has 0 saturated carbocycles. The summed E-state index contributed by atoms with van der Waals surface area (Å²) in [6, 6.07) is 1.46. The summed E-state index contributed by atoms with van der Waals surface area (Å²) in [5.74, 6) is 0.773. The third kappa shape index (κ3) is 3.76. The van der Waals surface area contributed by atoms with E-state index in [-0.39, 0.29) is 16.4 Å². The smallest absolute Gasteiger partial charge is 0.330 e. The number of aryl methyl sites for hydroxylation is 1. The van der Waals surface area contributed by atoms with E-state index >= 15 is 0 Å². The van der Waals surface area contributed by atoms with Gasteiger partial charge in [-0.15, -0.1) is 0 Å². The average molecular weight is 270 g/mol. The highest BCUT2D eigenvalue weighted by atomic mass is 32.2. The first-order chi connectivity index (χ1) is 8.43. The zero-order chi connectivity index (χ0) is 13.7. The Kier molecular flexibility index (Phi) is 5.21. The van der Waals surface area contributed by atoms with Gasteiger partial charge in [0.25, 0.3) is 5.56 Å². The van der Waals surface area contributed by atoms with E-state index in [1.807, 2.05) is 0 Å². The molecule has 0 aliphatic carbocycles. The lowest BCUT2D eigenvalue weighted by Gasteiger charge is -2.10. The van der Waals surface area contributed by atoms with Gasteiger partial charge in [-0.25, -0.2) is 4.79 Å². The standard InChI is InChI=1S/C11H18N4O2S/c1-8-7-9(16)14(2)11(17)15(8)5-3-4-6-18-10(12)13/h7H,3-6H2,1-2H3,(H3,12,13). The maximum Gasteiger partial charge on any atom is 0.330 e. The number of hydrogen-bond acceptors (Lipinski definition) is 4. The lowest BCUT2D eigenvalue weighted by molar-refractivity contribution is 0.554. The van der Waals surface area contributed by atoms with Gasteiger partial charge in [-0.3, -0.25) is 19.3 Å². The second kappa shape index (κ2) is 6.44. The van der Waals surface area contributed by atoms with Gasteiger partial charge in [0.05, 0.1) is 0 Å². The van der Waals surface area contributed by atoms with Crippen molar-refractivity contribution in [1.82, 2.24) is 9.13 Å². The number of amidine groups is 1. The Balaban J connectivity index is 2.63. The minimum Gasteiger partial charge on any atom is -0.379 e. The van der Waals surface area contributed by atoms with Gasteiger partial charge in [-0.2, -0.15) is 0 Å². The number of nitrogens with one attached hydrogen (secondary N) is 1. The summed E-state index contributed by atoms with van der Waals surface area (Å²) < 4.78 is 2.71. The van der Waals surface area contributed by atoms with Gasteiger partial charge in [-0.1, -0.05) is 11.8 Å². The molecule has 100 valence electrons. The zero-order valence-electron chi connectivity index (χ0n) is 10.6.